The normalized spacial score (nSPS) is 17.2. The van der Waals surface area contributed by atoms with Crippen molar-refractivity contribution in [2.45, 2.75) is 22.3 Å². The molecule has 0 spiro atoms. The summed E-state index contributed by atoms with van der Waals surface area (Å²) in [5.41, 5.74) is 1.27. The lowest BCUT2D eigenvalue weighted by Gasteiger charge is -2.25. The Bertz CT molecular complexity index is 1040. The number of hydrogen-bond acceptors (Lipinski definition) is 9. The van der Waals surface area contributed by atoms with Crippen LogP contribution in [0.5, 0.6) is 5.75 Å². The van der Waals surface area contributed by atoms with Crippen LogP contribution in [0.15, 0.2) is 40.4 Å². The molecule has 160 valence electrons. The van der Waals surface area contributed by atoms with Crippen molar-refractivity contribution in [2.24, 2.45) is 0 Å². The van der Waals surface area contributed by atoms with Gasteiger partial charge in [-0.05, 0) is 12.1 Å². The van der Waals surface area contributed by atoms with Gasteiger partial charge < -0.3 is 14.2 Å². The molecule has 0 aliphatic carbocycles. The van der Waals surface area contributed by atoms with Gasteiger partial charge in [-0.3, -0.25) is 10.1 Å². The zero-order valence-corrected chi connectivity index (χ0v) is 17.5. The third-order valence-electron chi connectivity index (χ3n) is 4.68. The van der Waals surface area contributed by atoms with Gasteiger partial charge in [-0.2, -0.15) is 4.31 Å². The number of thioether (sulfide) groups is 1. The first kappa shape index (κ1) is 21.0. The first-order valence-electron chi connectivity index (χ1n) is 9.12. The van der Waals surface area contributed by atoms with Crippen LogP contribution in [-0.2, 0) is 31.9 Å². The molecule has 2 aromatic rings. The summed E-state index contributed by atoms with van der Waals surface area (Å²) < 4.78 is 42.7. The Labute approximate surface area is 177 Å². The number of ether oxygens (including phenoxy) is 3. The van der Waals surface area contributed by atoms with E-state index in [1.54, 1.807) is 6.07 Å². The first-order chi connectivity index (χ1) is 14.4. The molecule has 0 bridgehead atoms. The van der Waals surface area contributed by atoms with E-state index < -0.39 is 14.9 Å². The third-order valence-corrected chi connectivity index (χ3v) is 7.55. The van der Waals surface area contributed by atoms with Crippen LogP contribution in [0.25, 0.3) is 0 Å². The summed E-state index contributed by atoms with van der Waals surface area (Å²) in [4.78, 5) is 15.1. The summed E-state index contributed by atoms with van der Waals surface area (Å²) in [7, 11) is -3.60. The van der Waals surface area contributed by atoms with E-state index in [4.69, 9.17) is 14.2 Å². The van der Waals surface area contributed by atoms with Gasteiger partial charge in [0.05, 0.1) is 29.8 Å². The number of aromatic nitrogens is 1. The molecule has 1 saturated heterocycles. The highest BCUT2D eigenvalue weighted by Crippen LogP contribution is 2.36. The van der Waals surface area contributed by atoms with Gasteiger partial charge in [0.1, 0.15) is 10.6 Å². The maximum Gasteiger partial charge on any atom is 0.270 e. The Balaban J connectivity index is 1.49. The summed E-state index contributed by atoms with van der Waals surface area (Å²) in [5, 5.41) is 11.8. The van der Waals surface area contributed by atoms with Gasteiger partial charge in [-0.15, -0.1) is 11.8 Å². The van der Waals surface area contributed by atoms with Crippen LogP contribution in [0.2, 0.25) is 0 Å². The molecule has 0 atom stereocenters. The van der Waals surface area contributed by atoms with Crippen molar-refractivity contribution >= 4 is 27.5 Å². The number of pyridine rings is 1. The number of benzene rings is 1. The lowest BCUT2D eigenvalue weighted by atomic mass is 10.1. The molecule has 2 aliphatic heterocycles. The van der Waals surface area contributed by atoms with Crippen LogP contribution in [-0.4, -0.2) is 55.7 Å². The quantitative estimate of drug-likeness (QED) is 0.368. The highest BCUT2D eigenvalue weighted by molar-refractivity contribution is 7.98. The number of sulfonamides is 1. The molecule has 1 aromatic heterocycles. The van der Waals surface area contributed by atoms with Crippen molar-refractivity contribution in [1.29, 1.82) is 0 Å². The van der Waals surface area contributed by atoms with E-state index in [0.717, 1.165) is 0 Å². The molecule has 0 saturated carbocycles. The van der Waals surface area contributed by atoms with E-state index in [2.05, 4.69) is 4.98 Å². The summed E-state index contributed by atoms with van der Waals surface area (Å²) in [6.45, 7) is 1.74. The SMILES string of the molecule is O=[N+]([O-])c1cc2c(c(CSc3ccc(S(=O)(=O)N4CCOCC4)cn3)c1)OCOC2. The second-order valence-corrected chi connectivity index (χ2v) is 9.53. The molecular weight excluding hydrogens is 434 g/mol. The first-order valence-corrected chi connectivity index (χ1v) is 11.6. The van der Waals surface area contributed by atoms with Crippen molar-refractivity contribution in [2.75, 3.05) is 33.1 Å². The fraction of sp³-hybridized carbons (Fsp3) is 0.389. The zero-order chi connectivity index (χ0) is 21.1. The number of non-ortho nitro benzene ring substituents is 1. The van der Waals surface area contributed by atoms with Crippen molar-refractivity contribution in [3.63, 3.8) is 0 Å². The molecule has 30 heavy (non-hydrogen) atoms. The summed E-state index contributed by atoms with van der Waals surface area (Å²) >= 11 is 1.34. The number of fused-ring (bicyclic) bond motifs is 1. The largest absolute Gasteiger partial charge is 0.467 e. The predicted octanol–water partition coefficient (Wildman–Crippen LogP) is 2.17. The number of nitro benzene ring substituents is 1. The average molecular weight is 453 g/mol. The fourth-order valence-electron chi connectivity index (χ4n) is 3.19. The van der Waals surface area contributed by atoms with Crippen LogP contribution < -0.4 is 4.74 Å². The minimum Gasteiger partial charge on any atom is -0.467 e. The Morgan fingerprint density at radius 1 is 1.20 bits per heavy atom. The van der Waals surface area contributed by atoms with E-state index in [0.29, 0.717) is 54.0 Å². The Morgan fingerprint density at radius 2 is 2.00 bits per heavy atom. The monoisotopic (exact) mass is 453 g/mol. The minimum absolute atomic E-state index is 0.0293. The molecule has 4 rings (SSSR count). The molecule has 0 unspecified atom stereocenters. The molecule has 3 heterocycles. The minimum atomic E-state index is -3.60. The molecule has 1 aromatic carbocycles. The van der Waals surface area contributed by atoms with E-state index in [1.807, 2.05) is 0 Å². The van der Waals surface area contributed by atoms with Crippen LogP contribution in [0.1, 0.15) is 11.1 Å². The van der Waals surface area contributed by atoms with Gasteiger partial charge in [-0.1, -0.05) is 0 Å². The van der Waals surface area contributed by atoms with Crippen molar-refractivity contribution < 1.29 is 27.6 Å². The van der Waals surface area contributed by atoms with Crippen LogP contribution in [0.4, 0.5) is 5.69 Å². The smallest absolute Gasteiger partial charge is 0.270 e. The van der Waals surface area contributed by atoms with Crippen molar-refractivity contribution in [3.05, 3.63) is 51.7 Å². The molecular formula is C18H19N3O7S2. The van der Waals surface area contributed by atoms with Crippen LogP contribution >= 0.6 is 11.8 Å². The van der Waals surface area contributed by atoms with E-state index >= 15 is 0 Å². The topological polar surface area (TPSA) is 121 Å². The highest BCUT2D eigenvalue weighted by Gasteiger charge is 2.26. The molecule has 10 nitrogen and oxygen atoms in total. The Hall–Kier alpha value is -2.25. The fourth-order valence-corrected chi connectivity index (χ4v) is 5.35. The highest BCUT2D eigenvalue weighted by atomic mass is 32.2. The van der Waals surface area contributed by atoms with Crippen molar-refractivity contribution in [3.8, 4) is 5.75 Å². The summed E-state index contributed by atoms with van der Waals surface area (Å²) in [6, 6.07) is 6.08. The van der Waals surface area contributed by atoms with Gasteiger partial charge in [0, 0.05) is 48.3 Å². The standard InChI is InChI=1S/C18H19N3O7S2/c22-21(23)15-7-13-10-27-12-28-18(13)14(8-15)11-29-17-2-1-16(9-19-17)30(24,25)20-3-5-26-6-4-20/h1-2,7-9H,3-6,10-12H2. The number of morpholine rings is 1. The Morgan fingerprint density at radius 3 is 2.70 bits per heavy atom. The number of rotatable bonds is 6. The zero-order valence-electron chi connectivity index (χ0n) is 15.9. The molecule has 12 heteroatoms. The number of nitro groups is 1. The lowest BCUT2D eigenvalue weighted by molar-refractivity contribution is -0.385. The Kier molecular flexibility index (Phi) is 6.20. The summed E-state index contributed by atoms with van der Waals surface area (Å²) in [5.74, 6) is 0.970. The van der Waals surface area contributed by atoms with Gasteiger partial charge >= 0.3 is 0 Å². The van der Waals surface area contributed by atoms with Gasteiger partial charge in [0.2, 0.25) is 10.0 Å². The van der Waals surface area contributed by atoms with Crippen LogP contribution in [0.3, 0.4) is 0 Å². The van der Waals surface area contributed by atoms with Gasteiger partial charge in [0.25, 0.3) is 5.69 Å². The van der Waals surface area contributed by atoms with Gasteiger partial charge in [-0.25, -0.2) is 13.4 Å². The van der Waals surface area contributed by atoms with E-state index in [1.165, 1.54) is 40.5 Å². The van der Waals surface area contributed by atoms with Gasteiger partial charge in [0.15, 0.2) is 6.79 Å². The molecule has 0 N–H and O–H groups in total. The maximum absolute atomic E-state index is 12.7. The third kappa shape index (κ3) is 4.42. The lowest BCUT2D eigenvalue weighted by Crippen LogP contribution is -2.40. The second-order valence-electron chi connectivity index (χ2n) is 6.60. The maximum atomic E-state index is 12.7. The molecule has 0 amide bonds. The molecule has 2 aliphatic rings. The molecule has 1 fully saturated rings. The van der Waals surface area contributed by atoms with Crippen molar-refractivity contribution in [1.82, 2.24) is 9.29 Å². The molecule has 0 radical (unpaired) electrons. The number of hydrogen-bond donors (Lipinski definition) is 0. The average Bonchev–Trinajstić information content (AvgIpc) is 2.78. The van der Waals surface area contributed by atoms with E-state index in [-0.39, 0.29) is 24.0 Å². The second kappa shape index (κ2) is 8.86. The predicted molar refractivity (Wildman–Crippen MR) is 107 cm³/mol. The van der Waals surface area contributed by atoms with Crippen LogP contribution in [0, 0.1) is 10.1 Å². The summed E-state index contributed by atoms with van der Waals surface area (Å²) in [6.07, 6.45) is 1.33. The van der Waals surface area contributed by atoms with E-state index in [9.17, 15) is 18.5 Å². The number of nitrogens with zero attached hydrogens (tertiary/aromatic N) is 3.